The highest BCUT2D eigenvalue weighted by Gasteiger charge is 2.06. The van der Waals surface area contributed by atoms with Crippen molar-refractivity contribution in [3.05, 3.63) is 52.8 Å². The van der Waals surface area contributed by atoms with Crippen LogP contribution in [0.3, 0.4) is 0 Å². The Morgan fingerprint density at radius 3 is 2.79 bits per heavy atom. The third-order valence-electron chi connectivity index (χ3n) is 3.02. The fourth-order valence-corrected chi connectivity index (χ4v) is 2.26. The SMILES string of the molecule is CCCNCc1ccc(Cl)cc1-c1ccnc(C)c1. The molecule has 0 aliphatic rings. The molecule has 0 atom stereocenters. The zero-order valence-corrected chi connectivity index (χ0v) is 12.2. The molecule has 19 heavy (non-hydrogen) atoms. The van der Waals surface area contributed by atoms with Gasteiger partial charge in [-0.05, 0) is 60.8 Å². The van der Waals surface area contributed by atoms with Crippen LogP contribution in [0.4, 0.5) is 0 Å². The Balaban J connectivity index is 2.34. The molecular weight excluding hydrogens is 256 g/mol. The number of hydrogen-bond acceptors (Lipinski definition) is 2. The minimum Gasteiger partial charge on any atom is -0.313 e. The van der Waals surface area contributed by atoms with Crippen molar-refractivity contribution in [3.8, 4) is 11.1 Å². The molecule has 100 valence electrons. The first-order valence-corrected chi connectivity index (χ1v) is 7.00. The van der Waals surface area contributed by atoms with Crippen LogP contribution in [0, 0.1) is 6.92 Å². The second-order valence-electron chi connectivity index (χ2n) is 4.66. The largest absolute Gasteiger partial charge is 0.313 e. The van der Waals surface area contributed by atoms with Crippen molar-refractivity contribution in [2.75, 3.05) is 6.54 Å². The molecule has 0 amide bonds. The van der Waals surface area contributed by atoms with E-state index in [1.807, 2.05) is 31.3 Å². The lowest BCUT2D eigenvalue weighted by Crippen LogP contribution is -2.14. The molecule has 0 bridgehead atoms. The van der Waals surface area contributed by atoms with Crippen molar-refractivity contribution >= 4 is 11.6 Å². The fourth-order valence-electron chi connectivity index (χ4n) is 2.08. The lowest BCUT2D eigenvalue weighted by molar-refractivity contribution is 0.676. The predicted molar refractivity (Wildman–Crippen MR) is 81.4 cm³/mol. The molecule has 1 N–H and O–H groups in total. The van der Waals surface area contributed by atoms with Gasteiger partial charge in [-0.15, -0.1) is 0 Å². The summed E-state index contributed by atoms with van der Waals surface area (Å²) in [7, 11) is 0. The number of nitrogens with zero attached hydrogens (tertiary/aromatic N) is 1. The van der Waals surface area contributed by atoms with Gasteiger partial charge in [-0.25, -0.2) is 0 Å². The van der Waals surface area contributed by atoms with Gasteiger partial charge in [-0.3, -0.25) is 4.98 Å². The first kappa shape index (κ1) is 14.0. The maximum atomic E-state index is 6.13. The van der Waals surface area contributed by atoms with Crippen molar-refractivity contribution < 1.29 is 0 Å². The molecule has 0 aliphatic heterocycles. The number of aryl methyl sites for hydroxylation is 1. The normalized spacial score (nSPS) is 10.7. The first-order valence-electron chi connectivity index (χ1n) is 6.63. The molecule has 1 aromatic carbocycles. The molecule has 1 aromatic heterocycles. The summed E-state index contributed by atoms with van der Waals surface area (Å²) in [6.07, 6.45) is 2.98. The Morgan fingerprint density at radius 2 is 2.05 bits per heavy atom. The number of pyridine rings is 1. The van der Waals surface area contributed by atoms with Crippen molar-refractivity contribution in [2.45, 2.75) is 26.8 Å². The fraction of sp³-hybridized carbons (Fsp3) is 0.312. The van der Waals surface area contributed by atoms with Crippen molar-refractivity contribution in [1.29, 1.82) is 0 Å². The van der Waals surface area contributed by atoms with Crippen LogP contribution >= 0.6 is 11.6 Å². The molecule has 0 radical (unpaired) electrons. The minimum atomic E-state index is 0.767. The van der Waals surface area contributed by atoms with E-state index in [1.165, 1.54) is 16.7 Å². The second kappa shape index (κ2) is 6.69. The number of halogens is 1. The van der Waals surface area contributed by atoms with Gasteiger partial charge in [0.1, 0.15) is 0 Å². The van der Waals surface area contributed by atoms with Gasteiger partial charge in [0.2, 0.25) is 0 Å². The molecule has 3 heteroatoms. The third kappa shape index (κ3) is 3.79. The van der Waals surface area contributed by atoms with Crippen molar-refractivity contribution in [1.82, 2.24) is 10.3 Å². The Morgan fingerprint density at radius 1 is 1.21 bits per heavy atom. The quantitative estimate of drug-likeness (QED) is 0.826. The summed E-state index contributed by atoms with van der Waals surface area (Å²) in [6, 6.07) is 10.2. The van der Waals surface area contributed by atoms with Crippen molar-refractivity contribution in [3.63, 3.8) is 0 Å². The summed E-state index contributed by atoms with van der Waals surface area (Å²) in [5.41, 5.74) is 4.64. The summed E-state index contributed by atoms with van der Waals surface area (Å²) in [4.78, 5) is 4.24. The lowest BCUT2D eigenvalue weighted by Gasteiger charge is -2.11. The number of hydrogen-bond donors (Lipinski definition) is 1. The summed E-state index contributed by atoms with van der Waals surface area (Å²) in [6.45, 7) is 6.06. The number of nitrogens with one attached hydrogen (secondary N) is 1. The highest BCUT2D eigenvalue weighted by Crippen LogP contribution is 2.27. The summed E-state index contributed by atoms with van der Waals surface area (Å²) < 4.78 is 0. The number of benzene rings is 1. The van der Waals surface area contributed by atoms with Crippen LogP contribution in [0.5, 0.6) is 0 Å². The standard InChI is InChI=1S/C16H19ClN2/c1-3-7-18-11-14-4-5-15(17)10-16(14)13-6-8-19-12(2)9-13/h4-6,8-10,18H,3,7,11H2,1-2H3. The van der Waals surface area contributed by atoms with Crippen LogP contribution in [0.25, 0.3) is 11.1 Å². The van der Waals surface area contributed by atoms with E-state index in [9.17, 15) is 0 Å². The average molecular weight is 275 g/mol. The van der Waals surface area contributed by atoms with Crippen LogP contribution in [0.1, 0.15) is 24.6 Å². The van der Waals surface area contributed by atoms with Gasteiger partial charge in [0.05, 0.1) is 0 Å². The van der Waals surface area contributed by atoms with Crippen LogP contribution in [0.2, 0.25) is 5.02 Å². The summed E-state index contributed by atoms with van der Waals surface area (Å²) >= 11 is 6.13. The van der Waals surface area contributed by atoms with E-state index < -0.39 is 0 Å². The molecule has 0 fully saturated rings. The molecule has 0 saturated carbocycles. The Labute approximate surface area is 119 Å². The van der Waals surface area contributed by atoms with E-state index in [2.05, 4.69) is 29.4 Å². The van der Waals surface area contributed by atoms with Gasteiger partial charge in [0.25, 0.3) is 0 Å². The number of aromatic nitrogens is 1. The zero-order chi connectivity index (χ0) is 13.7. The maximum absolute atomic E-state index is 6.13. The third-order valence-corrected chi connectivity index (χ3v) is 3.26. The monoisotopic (exact) mass is 274 g/mol. The Hall–Kier alpha value is -1.38. The van der Waals surface area contributed by atoms with Gasteiger partial charge in [-0.2, -0.15) is 0 Å². The van der Waals surface area contributed by atoms with Gasteiger partial charge < -0.3 is 5.32 Å². The molecule has 2 nitrogen and oxygen atoms in total. The smallest absolute Gasteiger partial charge is 0.0412 e. The van der Waals surface area contributed by atoms with Gasteiger partial charge in [0.15, 0.2) is 0 Å². The van der Waals surface area contributed by atoms with E-state index in [-0.39, 0.29) is 0 Å². The lowest BCUT2D eigenvalue weighted by atomic mass is 10.00. The molecule has 0 unspecified atom stereocenters. The first-order chi connectivity index (χ1) is 9.20. The van der Waals surface area contributed by atoms with Crippen LogP contribution in [0.15, 0.2) is 36.5 Å². The topological polar surface area (TPSA) is 24.9 Å². The highest BCUT2D eigenvalue weighted by atomic mass is 35.5. The number of rotatable bonds is 5. The Kier molecular flexibility index (Phi) is 4.94. The highest BCUT2D eigenvalue weighted by molar-refractivity contribution is 6.30. The van der Waals surface area contributed by atoms with Gasteiger partial charge in [0, 0.05) is 23.5 Å². The van der Waals surface area contributed by atoms with Crippen LogP contribution in [-0.4, -0.2) is 11.5 Å². The summed E-state index contributed by atoms with van der Waals surface area (Å²) in [5.74, 6) is 0. The molecule has 0 aliphatic carbocycles. The Bertz CT molecular complexity index is 552. The molecular formula is C16H19ClN2. The van der Waals surface area contributed by atoms with Crippen LogP contribution in [-0.2, 0) is 6.54 Å². The molecule has 2 rings (SSSR count). The van der Waals surface area contributed by atoms with E-state index in [0.29, 0.717) is 0 Å². The zero-order valence-electron chi connectivity index (χ0n) is 11.4. The van der Waals surface area contributed by atoms with Crippen molar-refractivity contribution in [2.24, 2.45) is 0 Å². The van der Waals surface area contributed by atoms with E-state index >= 15 is 0 Å². The molecule has 2 aromatic rings. The van der Waals surface area contributed by atoms with E-state index in [4.69, 9.17) is 11.6 Å². The average Bonchev–Trinajstić information content (AvgIpc) is 2.40. The minimum absolute atomic E-state index is 0.767. The molecule has 0 saturated heterocycles. The van der Waals surface area contributed by atoms with E-state index in [1.54, 1.807) is 0 Å². The van der Waals surface area contributed by atoms with Gasteiger partial charge >= 0.3 is 0 Å². The maximum Gasteiger partial charge on any atom is 0.0412 e. The van der Waals surface area contributed by atoms with Crippen LogP contribution < -0.4 is 5.32 Å². The van der Waals surface area contributed by atoms with Gasteiger partial charge in [-0.1, -0.05) is 24.6 Å². The molecule has 1 heterocycles. The predicted octanol–water partition coefficient (Wildman–Crippen LogP) is 4.21. The van der Waals surface area contributed by atoms with E-state index in [0.717, 1.165) is 30.2 Å². The second-order valence-corrected chi connectivity index (χ2v) is 5.10. The molecule has 0 spiro atoms. The summed E-state index contributed by atoms with van der Waals surface area (Å²) in [5, 5.41) is 4.20.